The number of carbonyl (C=O) groups is 2. The highest BCUT2D eigenvalue weighted by atomic mass is 16.5. The monoisotopic (exact) mass is 460 g/mol. The van der Waals surface area contributed by atoms with Crippen LogP contribution >= 0.6 is 0 Å². The zero-order chi connectivity index (χ0) is 24.1. The molecule has 4 rings (SSSR count). The number of hydrogen-bond donors (Lipinski definition) is 4. The van der Waals surface area contributed by atoms with Crippen molar-refractivity contribution in [2.75, 3.05) is 18.5 Å². The molecule has 176 valence electrons. The molecule has 0 aliphatic heterocycles. The fourth-order valence-electron chi connectivity index (χ4n) is 4.32. The number of benzene rings is 3. The minimum Gasteiger partial charge on any atom is -0.449 e. The quantitative estimate of drug-likeness (QED) is 0.407. The number of carbonyl (C=O) groups excluding carboxylic acids is 2. The second-order valence-electron chi connectivity index (χ2n) is 8.36. The summed E-state index contributed by atoms with van der Waals surface area (Å²) in [6.45, 7) is 1.78. The molecule has 2 unspecified atom stereocenters. The average molecular weight is 461 g/mol. The van der Waals surface area contributed by atoms with Gasteiger partial charge in [0, 0.05) is 25.1 Å². The van der Waals surface area contributed by atoms with Gasteiger partial charge in [0.05, 0.1) is 6.10 Å². The molecule has 0 saturated carbocycles. The van der Waals surface area contributed by atoms with Crippen LogP contribution in [0.25, 0.3) is 11.1 Å². The Kier molecular flexibility index (Phi) is 7.25. The van der Waals surface area contributed by atoms with E-state index in [0.29, 0.717) is 11.3 Å². The summed E-state index contributed by atoms with van der Waals surface area (Å²) >= 11 is 0. The van der Waals surface area contributed by atoms with Crippen LogP contribution in [0.15, 0.2) is 72.8 Å². The summed E-state index contributed by atoms with van der Waals surface area (Å²) in [5.41, 5.74) is 5.72. The van der Waals surface area contributed by atoms with Gasteiger partial charge in [0.1, 0.15) is 12.7 Å². The second-order valence-corrected chi connectivity index (χ2v) is 8.36. The predicted molar refractivity (Wildman–Crippen MR) is 129 cm³/mol. The third kappa shape index (κ3) is 5.27. The number of alkyl carbamates (subject to hydrolysis) is 1. The van der Waals surface area contributed by atoms with Gasteiger partial charge in [-0.15, -0.1) is 0 Å². The first kappa shape index (κ1) is 23.5. The Balaban J connectivity index is 1.25. The van der Waals surface area contributed by atoms with Crippen LogP contribution in [-0.2, 0) is 9.53 Å². The summed E-state index contributed by atoms with van der Waals surface area (Å²) in [7, 11) is 0. The molecule has 7 nitrogen and oxygen atoms in total. The van der Waals surface area contributed by atoms with Gasteiger partial charge in [-0.1, -0.05) is 60.7 Å². The lowest BCUT2D eigenvalue weighted by molar-refractivity contribution is -0.114. The van der Waals surface area contributed by atoms with E-state index in [0.717, 1.165) is 22.3 Å². The van der Waals surface area contributed by atoms with Crippen molar-refractivity contribution in [1.29, 1.82) is 0 Å². The van der Waals surface area contributed by atoms with Crippen LogP contribution in [0.2, 0.25) is 0 Å². The van der Waals surface area contributed by atoms with Crippen molar-refractivity contribution in [3.05, 3.63) is 89.5 Å². The first-order valence-electron chi connectivity index (χ1n) is 11.3. The van der Waals surface area contributed by atoms with Crippen molar-refractivity contribution < 1.29 is 24.5 Å². The molecule has 2 amide bonds. The molecule has 0 bridgehead atoms. The number of rotatable bonds is 8. The largest absolute Gasteiger partial charge is 0.449 e. The second kappa shape index (κ2) is 10.5. The SMILES string of the molecule is CC(=O)Nc1ccc(C(O)C(O)CCNC(=O)OCC2c3ccccc3-c3ccccc32)cc1. The normalized spacial score (nSPS) is 14.0. The van der Waals surface area contributed by atoms with Crippen molar-refractivity contribution in [3.8, 4) is 11.1 Å². The van der Waals surface area contributed by atoms with Gasteiger partial charge in [0.2, 0.25) is 5.91 Å². The summed E-state index contributed by atoms with van der Waals surface area (Å²) < 4.78 is 5.48. The smallest absolute Gasteiger partial charge is 0.407 e. The van der Waals surface area contributed by atoms with E-state index in [1.54, 1.807) is 24.3 Å². The minimum absolute atomic E-state index is 0.0222. The van der Waals surface area contributed by atoms with Gasteiger partial charge < -0.3 is 25.6 Å². The zero-order valence-electron chi connectivity index (χ0n) is 18.9. The van der Waals surface area contributed by atoms with E-state index in [2.05, 4.69) is 34.9 Å². The zero-order valence-corrected chi connectivity index (χ0v) is 18.9. The number of fused-ring (bicyclic) bond motifs is 3. The van der Waals surface area contributed by atoms with Crippen LogP contribution in [0.4, 0.5) is 10.5 Å². The maximum atomic E-state index is 12.3. The van der Waals surface area contributed by atoms with Gasteiger partial charge in [-0.25, -0.2) is 4.79 Å². The van der Waals surface area contributed by atoms with Crippen molar-refractivity contribution in [1.82, 2.24) is 5.32 Å². The maximum Gasteiger partial charge on any atom is 0.407 e. The van der Waals surface area contributed by atoms with Gasteiger partial charge in [0.25, 0.3) is 0 Å². The lowest BCUT2D eigenvalue weighted by Gasteiger charge is -2.19. The molecule has 0 spiro atoms. The van der Waals surface area contributed by atoms with Gasteiger partial charge in [-0.2, -0.15) is 0 Å². The fraction of sp³-hybridized carbons (Fsp3) is 0.259. The van der Waals surface area contributed by atoms with Crippen molar-refractivity contribution in [2.45, 2.75) is 31.5 Å². The van der Waals surface area contributed by atoms with Crippen molar-refractivity contribution >= 4 is 17.7 Å². The molecule has 0 aromatic heterocycles. The first-order valence-corrected chi connectivity index (χ1v) is 11.3. The number of aliphatic hydroxyl groups is 2. The Labute approximate surface area is 198 Å². The molecular formula is C27H28N2O5. The molecule has 4 N–H and O–H groups in total. The molecule has 0 heterocycles. The van der Waals surface area contributed by atoms with Crippen LogP contribution in [0, 0.1) is 0 Å². The molecule has 2 atom stereocenters. The summed E-state index contributed by atoms with van der Waals surface area (Å²) in [5.74, 6) is -0.210. The van der Waals surface area contributed by atoms with Gasteiger partial charge in [0.15, 0.2) is 0 Å². The Bertz CT molecular complexity index is 1120. The van der Waals surface area contributed by atoms with Crippen molar-refractivity contribution in [2.24, 2.45) is 0 Å². The maximum absolute atomic E-state index is 12.3. The topological polar surface area (TPSA) is 108 Å². The first-order chi connectivity index (χ1) is 16.4. The highest BCUT2D eigenvalue weighted by Gasteiger charge is 2.29. The summed E-state index contributed by atoms with van der Waals surface area (Å²) in [4.78, 5) is 23.4. The van der Waals surface area contributed by atoms with E-state index < -0.39 is 18.3 Å². The lowest BCUT2D eigenvalue weighted by atomic mass is 9.98. The van der Waals surface area contributed by atoms with E-state index in [1.165, 1.54) is 6.92 Å². The van der Waals surface area contributed by atoms with Gasteiger partial charge in [-0.3, -0.25) is 4.79 Å². The van der Waals surface area contributed by atoms with E-state index in [9.17, 15) is 19.8 Å². The van der Waals surface area contributed by atoms with Crippen LogP contribution < -0.4 is 10.6 Å². The number of aliphatic hydroxyl groups excluding tert-OH is 2. The molecule has 1 aliphatic carbocycles. The van der Waals surface area contributed by atoms with Crippen molar-refractivity contribution in [3.63, 3.8) is 0 Å². The number of nitrogens with one attached hydrogen (secondary N) is 2. The highest BCUT2D eigenvalue weighted by molar-refractivity contribution is 5.88. The Morgan fingerprint density at radius 3 is 2.09 bits per heavy atom. The number of hydrogen-bond acceptors (Lipinski definition) is 5. The average Bonchev–Trinajstić information content (AvgIpc) is 3.16. The summed E-state index contributed by atoms with van der Waals surface area (Å²) in [5, 5.41) is 26.0. The fourth-order valence-corrected chi connectivity index (χ4v) is 4.32. The van der Waals surface area contributed by atoms with Crippen LogP contribution in [-0.4, -0.2) is 41.5 Å². The molecule has 3 aromatic rings. The Hall–Kier alpha value is -3.68. The van der Waals surface area contributed by atoms with Gasteiger partial charge >= 0.3 is 6.09 Å². The number of anilines is 1. The third-order valence-electron chi connectivity index (χ3n) is 5.99. The highest BCUT2D eigenvalue weighted by Crippen LogP contribution is 2.44. The van der Waals surface area contributed by atoms with E-state index in [-0.39, 0.29) is 31.4 Å². The lowest BCUT2D eigenvalue weighted by Crippen LogP contribution is -2.30. The van der Waals surface area contributed by atoms with Crippen LogP contribution in [0.3, 0.4) is 0 Å². The van der Waals surface area contributed by atoms with E-state index in [4.69, 9.17) is 4.74 Å². The molecule has 0 radical (unpaired) electrons. The number of amides is 2. The minimum atomic E-state index is -1.12. The Morgan fingerprint density at radius 1 is 0.912 bits per heavy atom. The summed E-state index contributed by atoms with van der Waals surface area (Å²) in [6.07, 6.45) is -2.60. The molecule has 0 saturated heterocycles. The van der Waals surface area contributed by atoms with E-state index in [1.807, 2.05) is 24.3 Å². The van der Waals surface area contributed by atoms with E-state index >= 15 is 0 Å². The summed E-state index contributed by atoms with van der Waals surface area (Å²) in [6, 6.07) is 22.8. The Morgan fingerprint density at radius 2 is 1.50 bits per heavy atom. The molecule has 1 aliphatic rings. The standard InChI is InChI=1S/C27H28N2O5/c1-17(30)29-19-12-10-18(11-13-19)26(32)25(31)14-15-28-27(33)34-16-24-22-8-4-2-6-20(22)21-7-3-5-9-23(21)24/h2-13,24-26,31-32H,14-16H2,1H3,(H,28,33)(H,29,30). The predicted octanol–water partition coefficient (Wildman–Crippen LogP) is 3.97. The van der Waals surface area contributed by atoms with Crippen LogP contribution in [0.1, 0.15) is 42.1 Å². The molecule has 3 aromatic carbocycles. The molecule has 34 heavy (non-hydrogen) atoms. The van der Waals surface area contributed by atoms with Gasteiger partial charge in [-0.05, 0) is 46.4 Å². The third-order valence-corrected chi connectivity index (χ3v) is 5.99. The van der Waals surface area contributed by atoms with Crippen LogP contribution in [0.5, 0.6) is 0 Å². The molecule has 0 fully saturated rings. The molecule has 7 heteroatoms. The number of ether oxygens (including phenoxy) is 1. The molecular weight excluding hydrogens is 432 g/mol.